The maximum Gasteiger partial charge on any atom is 0.416 e. The van der Waals surface area contributed by atoms with Gasteiger partial charge in [-0.15, -0.1) is 0 Å². The molecule has 0 aliphatic carbocycles. The molecule has 0 saturated heterocycles. The van der Waals surface area contributed by atoms with Gasteiger partial charge in [-0.2, -0.15) is 13.2 Å². The predicted molar refractivity (Wildman–Crippen MR) is 74.8 cm³/mol. The fourth-order valence-corrected chi connectivity index (χ4v) is 2.01. The number of aryl methyl sites for hydroxylation is 1. The third-order valence-electron chi connectivity index (χ3n) is 3.16. The van der Waals surface area contributed by atoms with Crippen LogP contribution in [-0.4, -0.2) is 5.11 Å². The van der Waals surface area contributed by atoms with Crippen molar-refractivity contribution in [3.05, 3.63) is 64.7 Å². The highest BCUT2D eigenvalue weighted by atomic mass is 19.4. The first-order valence-corrected chi connectivity index (χ1v) is 6.51. The number of aromatic hydroxyl groups is 1. The summed E-state index contributed by atoms with van der Waals surface area (Å²) in [7, 11) is 0. The quantitative estimate of drug-likeness (QED) is 0.893. The zero-order valence-corrected chi connectivity index (χ0v) is 11.5. The van der Waals surface area contributed by atoms with Gasteiger partial charge in [-0.3, -0.25) is 0 Å². The van der Waals surface area contributed by atoms with E-state index >= 15 is 0 Å². The molecule has 0 aliphatic rings. The molecule has 0 heterocycles. The van der Waals surface area contributed by atoms with Crippen molar-refractivity contribution < 1.29 is 18.3 Å². The normalized spacial score (nSPS) is 11.6. The minimum Gasteiger partial charge on any atom is -0.508 e. The Hall–Kier alpha value is -2.01. The highest BCUT2D eigenvalue weighted by Gasteiger charge is 2.29. The fourth-order valence-electron chi connectivity index (χ4n) is 2.01. The van der Waals surface area contributed by atoms with Crippen LogP contribution in [0.25, 0.3) is 0 Å². The SMILES string of the molecule is Cc1ccc(O)c(CNCc2ccc(C(F)(F)F)cc2)c1. The second-order valence-electron chi connectivity index (χ2n) is 4.93. The maximum absolute atomic E-state index is 12.4. The number of hydrogen-bond donors (Lipinski definition) is 2. The molecule has 0 amide bonds. The Balaban J connectivity index is 1.93. The van der Waals surface area contributed by atoms with Gasteiger partial charge in [0.25, 0.3) is 0 Å². The van der Waals surface area contributed by atoms with Crippen LogP contribution in [0.1, 0.15) is 22.3 Å². The molecule has 0 radical (unpaired) electrons. The molecule has 2 nitrogen and oxygen atoms in total. The molecule has 0 unspecified atom stereocenters. The Morgan fingerprint density at radius 1 is 1.00 bits per heavy atom. The second kappa shape index (κ2) is 6.18. The van der Waals surface area contributed by atoms with Crippen LogP contribution < -0.4 is 5.32 Å². The van der Waals surface area contributed by atoms with Gasteiger partial charge < -0.3 is 10.4 Å². The zero-order valence-electron chi connectivity index (χ0n) is 11.5. The number of alkyl halides is 3. The molecule has 0 saturated carbocycles. The molecule has 2 rings (SSSR count). The van der Waals surface area contributed by atoms with Crippen LogP contribution in [0.3, 0.4) is 0 Å². The van der Waals surface area contributed by atoms with E-state index in [9.17, 15) is 18.3 Å². The Bertz CT molecular complexity index is 606. The summed E-state index contributed by atoms with van der Waals surface area (Å²) < 4.78 is 37.3. The molecule has 0 bridgehead atoms. The largest absolute Gasteiger partial charge is 0.508 e. The van der Waals surface area contributed by atoms with Crippen LogP contribution in [0.5, 0.6) is 5.75 Å². The number of halogens is 3. The summed E-state index contributed by atoms with van der Waals surface area (Å²) >= 11 is 0. The predicted octanol–water partition coefficient (Wildman–Crippen LogP) is 4.01. The van der Waals surface area contributed by atoms with Crippen molar-refractivity contribution in [2.75, 3.05) is 0 Å². The van der Waals surface area contributed by atoms with Gasteiger partial charge >= 0.3 is 6.18 Å². The van der Waals surface area contributed by atoms with E-state index in [1.54, 1.807) is 6.07 Å². The molecule has 112 valence electrons. The average Bonchev–Trinajstić information content (AvgIpc) is 2.42. The molecule has 5 heteroatoms. The summed E-state index contributed by atoms with van der Waals surface area (Å²) in [5.74, 6) is 0.209. The third-order valence-corrected chi connectivity index (χ3v) is 3.16. The first-order chi connectivity index (χ1) is 9.86. The number of hydrogen-bond acceptors (Lipinski definition) is 2. The fraction of sp³-hybridized carbons (Fsp3) is 0.250. The van der Waals surface area contributed by atoms with Gasteiger partial charge in [0, 0.05) is 18.7 Å². The van der Waals surface area contributed by atoms with Crippen molar-refractivity contribution in [3.63, 3.8) is 0 Å². The number of rotatable bonds is 4. The zero-order chi connectivity index (χ0) is 15.5. The molecule has 2 aromatic rings. The van der Waals surface area contributed by atoms with Gasteiger partial charge in [0.15, 0.2) is 0 Å². The Morgan fingerprint density at radius 3 is 2.29 bits per heavy atom. The van der Waals surface area contributed by atoms with Gasteiger partial charge in [0.2, 0.25) is 0 Å². The lowest BCUT2D eigenvalue weighted by atomic mass is 10.1. The summed E-state index contributed by atoms with van der Waals surface area (Å²) in [6.45, 7) is 2.82. The number of nitrogens with one attached hydrogen (secondary N) is 1. The number of benzene rings is 2. The lowest BCUT2D eigenvalue weighted by Gasteiger charge is -2.10. The summed E-state index contributed by atoms with van der Waals surface area (Å²) in [4.78, 5) is 0. The van der Waals surface area contributed by atoms with E-state index in [1.807, 2.05) is 19.1 Å². The summed E-state index contributed by atoms with van der Waals surface area (Å²) in [6.07, 6.45) is -4.31. The van der Waals surface area contributed by atoms with Crippen LogP contribution >= 0.6 is 0 Å². The Morgan fingerprint density at radius 2 is 1.67 bits per heavy atom. The Kier molecular flexibility index (Phi) is 4.53. The minimum absolute atomic E-state index is 0.209. The monoisotopic (exact) mass is 295 g/mol. The standard InChI is InChI=1S/C16H16F3NO/c1-11-2-7-15(21)13(8-11)10-20-9-12-3-5-14(6-4-12)16(17,18)19/h2-8,20-21H,9-10H2,1H3. The van der Waals surface area contributed by atoms with Crippen LogP contribution in [0.15, 0.2) is 42.5 Å². The van der Waals surface area contributed by atoms with Gasteiger partial charge in [-0.05, 0) is 30.7 Å². The van der Waals surface area contributed by atoms with Crippen LogP contribution in [-0.2, 0) is 19.3 Å². The topological polar surface area (TPSA) is 32.3 Å². The molecular weight excluding hydrogens is 279 g/mol. The van der Waals surface area contributed by atoms with E-state index in [0.29, 0.717) is 13.1 Å². The minimum atomic E-state index is -4.31. The molecule has 21 heavy (non-hydrogen) atoms. The van der Waals surface area contributed by atoms with Gasteiger partial charge in [-0.1, -0.05) is 29.8 Å². The maximum atomic E-state index is 12.4. The molecular formula is C16H16F3NO. The lowest BCUT2D eigenvalue weighted by molar-refractivity contribution is -0.137. The summed E-state index contributed by atoms with van der Waals surface area (Å²) in [6, 6.07) is 10.4. The van der Waals surface area contributed by atoms with Crippen molar-refractivity contribution in [1.29, 1.82) is 0 Å². The van der Waals surface area contributed by atoms with E-state index in [4.69, 9.17) is 0 Å². The first-order valence-electron chi connectivity index (χ1n) is 6.51. The Labute approximate surface area is 121 Å². The highest BCUT2D eigenvalue weighted by Crippen LogP contribution is 2.29. The molecule has 0 spiro atoms. The third kappa shape index (κ3) is 4.23. The lowest BCUT2D eigenvalue weighted by Crippen LogP contribution is -2.13. The first kappa shape index (κ1) is 15.4. The number of phenolic OH excluding ortho intramolecular Hbond substituents is 1. The molecule has 0 fully saturated rings. The molecule has 0 aromatic heterocycles. The van der Waals surface area contributed by atoms with Crippen LogP contribution in [0.4, 0.5) is 13.2 Å². The van der Waals surface area contributed by atoms with Crippen LogP contribution in [0, 0.1) is 6.92 Å². The highest BCUT2D eigenvalue weighted by molar-refractivity contribution is 5.35. The smallest absolute Gasteiger partial charge is 0.416 e. The van der Waals surface area contributed by atoms with Crippen molar-refractivity contribution in [3.8, 4) is 5.75 Å². The summed E-state index contributed by atoms with van der Waals surface area (Å²) in [5.41, 5.74) is 1.92. The number of phenols is 1. The van der Waals surface area contributed by atoms with Crippen molar-refractivity contribution in [2.24, 2.45) is 0 Å². The van der Waals surface area contributed by atoms with Crippen molar-refractivity contribution in [1.82, 2.24) is 5.32 Å². The van der Waals surface area contributed by atoms with Gasteiger partial charge in [0.05, 0.1) is 5.56 Å². The van der Waals surface area contributed by atoms with Gasteiger partial charge in [0.1, 0.15) is 5.75 Å². The van der Waals surface area contributed by atoms with Crippen LogP contribution in [0.2, 0.25) is 0 Å². The molecule has 0 atom stereocenters. The van der Waals surface area contributed by atoms with Crippen molar-refractivity contribution >= 4 is 0 Å². The second-order valence-corrected chi connectivity index (χ2v) is 4.93. The average molecular weight is 295 g/mol. The molecule has 0 aliphatic heterocycles. The molecule has 2 aromatic carbocycles. The molecule has 2 N–H and O–H groups in total. The van der Waals surface area contributed by atoms with E-state index in [1.165, 1.54) is 12.1 Å². The van der Waals surface area contributed by atoms with Gasteiger partial charge in [-0.25, -0.2) is 0 Å². The van der Waals surface area contributed by atoms with E-state index in [0.717, 1.165) is 28.8 Å². The van der Waals surface area contributed by atoms with Crippen molar-refractivity contribution in [2.45, 2.75) is 26.2 Å². The van der Waals surface area contributed by atoms with E-state index in [-0.39, 0.29) is 5.75 Å². The summed E-state index contributed by atoms with van der Waals surface area (Å²) in [5, 5.41) is 12.8. The van der Waals surface area contributed by atoms with E-state index in [2.05, 4.69) is 5.32 Å². The van der Waals surface area contributed by atoms with E-state index < -0.39 is 11.7 Å².